The molecule has 0 spiro atoms. The van der Waals surface area contributed by atoms with Crippen LogP contribution in [0.3, 0.4) is 0 Å². The number of likely N-dealkylation sites (N-methyl/N-ethyl adjacent to an activating group) is 1. The first-order valence-corrected chi connectivity index (χ1v) is 7.26. The molecule has 1 heterocycles. The van der Waals surface area contributed by atoms with E-state index in [0.717, 1.165) is 13.1 Å². The highest BCUT2D eigenvalue weighted by atomic mass is 15.2. The van der Waals surface area contributed by atoms with Gasteiger partial charge in [-0.25, -0.2) is 0 Å². The Balaban J connectivity index is 2.14. The Hall–Kier alpha value is -1.02. The third-order valence-corrected chi connectivity index (χ3v) is 4.25. The van der Waals surface area contributed by atoms with Crippen LogP contribution < -0.4 is 10.2 Å². The van der Waals surface area contributed by atoms with Crippen molar-refractivity contribution in [1.82, 2.24) is 5.32 Å². The maximum Gasteiger partial charge on any atom is 0.0369 e. The highest BCUT2D eigenvalue weighted by Gasteiger charge is 2.33. The number of nitrogens with one attached hydrogen (secondary N) is 1. The molecule has 1 saturated heterocycles. The van der Waals surface area contributed by atoms with Crippen molar-refractivity contribution in [1.29, 1.82) is 0 Å². The minimum Gasteiger partial charge on any atom is -0.370 e. The predicted molar refractivity (Wildman–Crippen MR) is 79.3 cm³/mol. The van der Waals surface area contributed by atoms with E-state index in [4.69, 9.17) is 0 Å². The average molecular weight is 246 g/mol. The monoisotopic (exact) mass is 246 g/mol. The molecule has 1 unspecified atom stereocenters. The molecular formula is C16H26N2. The lowest BCUT2D eigenvalue weighted by atomic mass is 9.93. The summed E-state index contributed by atoms with van der Waals surface area (Å²) < 4.78 is 0. The van der Waals surface area contributed by atoms with Gasteiger partial charge in [0.15, 0.2) is 0 Å². The molecule has 0 radical (unpaired) electrons. The van der Waals surface area contributed by atoms with Gasteiger partial charge >= 0.3 is 0 Å². The van der Waals surface area contributed by atoms with Gasteiger partial charge in [0.2, 0.25) is 0 Å². The van der Waals surface area contributed by atoms with Crippen molar-refractivity contribution in [2.45, 2.75) is 45.6 Å². The van der Waals surface area contributed by atoms with E-state index in [-0.39, 0.29) is 0 Å². The van der Waals surface area contributed by atoms with Gasteiger partial charge in [-0.15, -0.1) is 0 Å². The van der Waals surface area contributed by atoms with Crippen LogP contribution in [0.4, 0.5) is 5.69 Å². The van der Waals surface area contributed by atoms with Gasteiger partial charge in [-0.05, 0) is 57.4 Å². The number of nitrogens with zero attached hydrogens (tertiary/aromatic N) is 1. The lowest BCUT2D eigenvalue weighted by Crippen LogP contribution is -2.49. The molecule has 0 aliphatic carbocycles. The Morgan fingerprint density at radius 1 is 1.33 bits per heavy atom. The minimum atomic E-state index is 0.333. The lowest BCUT2D eigenvalue weighted by Gasteiger charge is -2.36. The zero-order valence-corrected chi connectivity index (χ0v) is 12.0. The van der Waals surface area contributed by atoms with Crippen LogP contribution in [-0.2, 0) is 0 Å². The molecule has 1 aliphatic rings. The molecular weight excluding hydrogens is 220 g/mol. The summed E-state index contributed by atoms with van der Waals surface area (Å²) in [6.07, 6.45) is 3.85. The molecule has 1 aromatic rings. The molecule has 2 heteroatoms. The number of rotatable bonds is 5. The number of hydrogen-bond donors (Lipinski definition) is 1. The Kier molecular flexibility index (Phi) is 4.28. The van der Waals surface area contributed by atoms with E-state index in [1.165, 1.54) is 37.1 Å². The molecule has 0 aromatic heterocycles. The second kappa shape index (κ2) is 5.75. The van der Waals surface area contributed by atoms with Crippen molar-refractivity contribution >= 4 is 5.69 Å². The van der Waals surface area contributed by atoms with Crippen molar-refractivity contribution in [3.8, 4) is 0 Å². The smallest absolute Gasteiger partial charge is 0.0369 e. The van der Waals surface area contributed by atoms with Gasteiger partial charge in [0.1, 0.15) is 0 Å². The number of hydrogen-bond acceptors (Lipinski definition) is 2. The maximum absolute atomic E-state index is 3.73. The van der Waals surface area contributed by atoms with Gasteiger partial charge in [-0.3, -0.25) is 0 Å². The van der Waals surface area contributed by atoms with Gasteiger partial charge in [0.25, 0.3) is 0 Å². The number of benzene rings is 1. The van der Waals surface area contributed by atoms with Crippen LogP contribution in [0.2, 0.25) is 0 Å². The third kappa shape index (κ3) is 2.86. The number of anilines is 1. The summed E-state index contributed by atoms with van der Waals surface area (Å²) in [5.74, 6) is 0. The van der Waals surface area contributed by atoms with Crippen LogP contribution in [0.5, 0.6) is 0 Å². The minimum absolute atomic E-state index is 0.333. The fraction of sp³-hybridized carbons (Fsp3) is 0.625. The van der Waals surface area contributed by atoms with E-state index in [1.807, 2.05) is 0 Å². The Morgan fingerprint density at radius 2 is 2.17 bits per heavy atom. The topological polar surface area (TPSA) is 15.3 Å². The summed E-state index contributed by atoms with van der Waals surface area (Å²) in [6.45, 7) is 10.1. The van der Waals surface area contributed by atoms with E-state index < -0.39 is 0 Å². The normalized spacial score (nSPS) is 23.3. The molecule has 1 fully saturated rings. The third-order valence-electron chi connectivity index (χ3n) is 4.25. The molecule has 0 saturated carbocycles. The van der Waals surface area contributed by atoms with Crippen molar-refractivity contribution in [3.63, 3.8) is 0 Å². The van der Waals surface area contributed by atoms with E-state index in [1.54, 1.807) is 0 Å². The second-order valence-electron chi connectivity index (χ2n) is 5.52. The Morgan fingerprint density at radius 3 is 2.72 bits per heavy atom. The quantitative estimate of drug-likeness (QED) is 0.857. The van der Waals surface area contributed by atoms with Crippen LogP contribution in [-0.4, -0.2) is 25.2 Å². The first-order valence-electron chi connectivity index (χ1n) is 7.26. The average Bonchev–Trinajstić information content (AvgIpc) is 2.85. The summed E-state index contributed by atoms with van der Waals surface area (Å²) in [5, 5.41) is 3.73. The summed E-state index contributed by atoms with van der Waals surface area (Å²) in [5.41, 5.74) is 3.04. The van der Waals surface area contributed by atoms with Crippen molar-refractivity contribution in [3.05, 3.63) is 29.8 Å². The molecule has 1 atom stereocenters. The first kappa shape index (κ1) is 13.4. The Bertz CT molecular complexity index is 380. The summed E-state index contributed by atoms with van der Waals surface area (Å²) in [7, 11) is 0. The first-order chi connectivity index (χ1) is 8.69. The molecule has 1 aliphatic heterocycles. The summed E-state index contributed by atoms with van der Waals surface area (Å²) in [4.78, 5) is 2.51. The predicted octanol–water partition coefficient (Wildman–Crippen LogP) is 3.35. The van der Waals surface area contributed by atoms with Crippen LogP contribution in [0, 0.1) is 6.92 Å². The van der Waals surface area contributed by atoms with Gasteiger partial charge in [0, 0.05) is 24.3 Å². The molecule has 2 rings (SSSR count). The zero-order valence-electron chi connectivity index (χ0n) is 12.0. The molecule has 0 amide bonds. The Labute approximate surface area is 111 Å². The molecule has 1 N–H and O–H groups in total. The van der Waals surface area contributed by atoms with Crippen molar-refractivity contribution < 1.29 is 0 Å². The standard InChI is InChI=1S/C16H26N2/c1-4-16(10-7-11-17-16)13-18(5-2)15-9-6-8-14(3)12-15/h6,8-9,12,17H,4-5,7,10-11,13H2,1-3H3. The van der Waals surface area contributed by atoms with E-state index in [0.29, 0.717) is 5.54 Å². The van der Waals surface area contributed by atoms with Crippen LogP contribution in [0.25, 0.3) is 0 Å². The molecule has 100 valence electrons. The summed E-state index contributed by atoms with van der Waals surface area (Å²) in [6, 6.07) is 8.85. The fourth-order valence-corrected chi connectivity index (χ4v) is 2.99. The second-order valence-corrected chi connectivity index (χ2v) is 5.52. The molecule has 2 nitrogen and oxygen atoms in total. The largest absolute Gasteiger partial charge is 0.370 e. The number of aryl methyl sites for hydroxylation is 1. The maximum atomic E-state index is 3.73. The molecule has 1 aromatic carbocycles. The highest BCUT2D eigenvalue weighted by molar-refractivity contribution is 5.48. The van der Waals surface area contributed by atoms with Crippen LogP contribution >= 0.6 is 0 Å². The molecule has 0 bridgehead atoms. The lowest BCUT2D eigenvalue weighted by molar-refractivity contribution is 0.363. The van der Waals surface area contributed by atoms with Crippen LogP contribution in [0.15, 0.2) is 24.3 Å². The van der Waals surface area contributed by atoms with E-state index in [9.17, 15) is 0 Å². The van der Waals surface area contributed by atoms with E-state index >= 15 is 0 Å². The van der Waals surface area contributed by atoms with Crippen molar-refractivity contribution in [2.75, 3.05) is 24.5 Å². The zero-order chi connectivity index (χ0) is 13.0. The fourth-order valence-electron chi connectivity index (χ4n) is 2.99. The summed E-state index contributed by atoms with van der Waals surface area (Å²) >= 11 is 0. The highest BCUT2D eigenvalue weighted by Crippen LogP contribution is 2.26. The van der Waals surface area contributed by atoms with Gasteiger partial charge in [-0.2, -0.15) is 0 Å². The van der Waals surface area contributed by atoms with Gasteiger partial charge in [0.05, 0.1) is 0 Å². The molecule has 18 heavy (non-hydrogen) atoms. The van der Waals surface area contributed by atoms with Gasteiger partial charge in [-0.1, -0.05) is 19.1 Å². The van der Waals surface area contributed by atoms with Gasteiger partial charge < -0.3 is 10.2 Å². The van der Waals surface area contributed by atoms with Crippen LogP contribution in [0.1, 0.15) is 38.7 Å². The van der Waals surface area contributed by atoms with Crippen molar-refractivity contribution in [2.24, 2.45) is 0 Å². The SMILES string of the molecule is CCN(CC1(CC)CCCN1)c1cccc(C)c1. The van der Waals surface area contributed by atoms with E-state index in [2.05, 4.69) is 55.3 Å².